The molecule has 1 aliphatic heterocycles. The molecule has 72 valence electrons. The van der Waals surface area contributed by atoms with Crippen LogP contribution in [0.1, 0.15) is 20.8 Å². The molecule has 5 heteroatoms. The quantitative estimate of drug-likeness (QED) is 0.582. The lowest BCUT2D eigenvalue weighted by Crippen LogP contribution is -2.53. The number of aromatic nitrogens is 3. The molecule has 0 atom stereocenters. The van der Waals surface area contributed by atoms with Crippen LogP contribution in [-0.2, 0) is 0 Å². The van der Waals surface area contributed by atoms with Crippen molar-refractivity contribution in [2.45, 2.75) is 26.3 Å². The average Bonchev–Trinajstić information content (AvgIpc) is 2.48. The van der Waals surface area contributed by atoms with E-state index in [2.05, 4.69) is 35.9 Å². The summed E-state index contributed by atoms with van der Waals surface area (Å²) in [5, 5.41) is 6.25. The fraction of sp³-hybridized carbons (Fsp3) is 0.750. The molecule has 0 aliphatic carbocycles. The van der Waals surface area contributed by atoms with Crippen molar-refractivity contribution >= 4 is 0 Å². The second kappa shape index (κ2) is 2.61. The summed E-state index contributed by atoms with van der Waals surface area (Å²) in [7, 11) is 0. The topological polar surface area (TPSA) is 43.2 Å². The molecule has 0 aromatic carbocycles. The summed E-state index contributed by atoms with van der Waals surface area (Å²) in [4.78, 5) is 5.73. The van der Waals surface area contributed by atoms with E-state index in [1.807, 2.05) is 0 Å². The number of nitrogens with zero attached hydrogens (tertiary/aromatic N) is 4. The SMILES string of the molecule is CC(C)(C)N1CCOc2ncnn21. The summed E-state index contributed by atoms with van der Waals surface area (Å²) < 4.78 is 5.34. The predicted octanol–water partition coefficient (Wildman–Crippen LogP) is 0.407. The van der Waals surface area contributed by atoms with Crippen LogP contribution in [0.25, 0.3) is 0 Å². The molecule has 1 aromatic heterocycles. The Kier molecular flexibility index (Phi) is 1.68. The second-order valence-electron chi connectivity index (χ2n) is 4.07. The summed E-state index contributed by atoms with van der Waals surface area (Å²) in [6.07, 6.45) is 1.51. The molecule has 1 aromatic rings. The molecule has 2 rings (SSSR count). The van der Waals surface area contributed by atoms with Crippen LogP contribution in [0.5, 0.6) is 6.01 Å². The summed E-state index contributed by atoms with van der Waals surface area (Å²) >= 11 is 0. The van der Waals surface area contributed by atoms with Crippen molar-refractivity contribution in [2.75, 3.05) is 18.2 Å². The highest BCUT2D eigenvalue weighted by molar-refractivity contribution is 5.07. The van der Waals surface area contributed by atoms with E-state index in [9.17, 15) is 0 Å². The molecular formula is C8H14N4O. The standard InChI is InChI=1S/C8H14N4O/c1-8(2,3)11-4-5-13-7-9-6-10-12(7)11/h6H,4-5H2,1-3H3. The number of hydrogen-bond acceptors (Lipinski definition) is 4. The van der Waals surface area contributed by atoms with E-state index >= 15 is 0 Å². The predicted molar refractivity (Wildman–Crippen MR) is 48.4 cm³/mol. The maximum absolute atomic E-state index is 5.34. The Morgan fingerprint density at radius 3 is 2.92 bits per heavy atom. The summed E-state index contributed by atoms with van der Waals surface area (Å²) in [6.45, 7) is 7.95. The third-order valence-corrected chi connectivity index (χ3v) is 2.04. The lowest BCUT2D eigenvalue weighted by molar-refractivity contribution is 0.198. The van der Waals surface area contributed by atoms with Crippen LogP contribution in [0.3, 0.4) is 0 Å². The van der Waals surface area contributed by atoms with Gasteiger partial charge in [0.15, 0.2) is 0 Å². The van der Waals surface area contributed by atoms with Crippen LogP contribution in [0.4, 0.5) is 0 Å². The van der Waals surface area contributed by atoms with Crippen molar-refractivity contribution < 1.29 is 4.74 Å². The lowest BCUT2D eigenvalue weighted by atomic mass is 10.1. The van der Waals surface area contributed by atoms with Gasteiger partial charge in [0.1, 0.15) is 12.9 Å². The number of hydrogen-bond donors (Lipinski definition) is 0. The summed E-state index contributed by atoms with van der Waals surface area (Å²) in [6, 6.07) is 0.584. The van der Waals surface area contributed by atoms with Crippen LogP contribution >= 0.6 is 0 Å². The number of fused-ring (bicyclic) bond motifs is 1. The zero-order valence-electron chi connectivity index (χ0n) is 8.19. The van der Waals surface area contributed by atoms with Gasteiger partial charge in [0.05, 0.1) is 6.54 Å². The Balaban J connectivity index is 2.35. The Labute approximate surface area is 77.3 Å². The molecule has 0 fully saturated rings. The van der Waals surface area contributed by atoms with Gasteiger partial charge in [-0.25, -0.2) is 0 Å². The van der Waals surface area contributed by atoms with Crippen LogP contribution in [0.2, 0.25) is 0 Å². The highest BCUT2D eigenvalue weighted by Crippen LogP contribution is 2.18. The van der Waals surface area contributed by atoms with E-state index in [4.69, 9.17) is 4.74 Å². The van der Waals surface area contributed by atoms with Crippen molar-refractivity contribution in [2.24, 2.45) is 0 Å². The normalized spacial score (nSPS) is 16.7. The largest absolute Gasteiger partial charge is 0.460 e. The van der Waals surface area contributed by atoms with Crippen molar-refractivity contribution in [1.29, 1.82) is 0 Å². The van der Waals surface area contributed by atoms with Crippen molar-refractivity contribution in [1.82, 2.24) is 14.9 Å². The van der Waals surface area contributed by atoms with E-state index < -0.39 is 0 Å². The molecule has 0 bridgehead atoms. The molecule has 5 nitrogen and oxygen atoms in total. The smallest absolute Gasteiger partial charge is 0.335 e. The molecule has 2 heterocycles. The first kappa shape index (κ1) is 8.34. The van der Waals surface area contributed by atoms with E-state index in [0.717, 1.165) is 6.54 Å². The Morgan fingerprint density at radius 1 is 1.46 bits per heavy atom. The van der Waals surface area contributed by atoms with Gasteiger partial charge in [0.25, 0.3) is 0 Å². The van der Waals surface area contributed by atoms with Crippen LogP contribution in [-0.4, -0.2) is 33.6 Å². The third kappa shape index (κ3) is 1.34. The van der Waals surface area contributed by atoms with E-state index in [1.54, 1.807) is 4.79 Å². The fourth-order valence-corrected chi connectivity index (χ4v) is 1.42. The van der Waals surface area contributed by atoms with E-state index in [-0.39, 0.29) is 5.54 Å². The van der Waals surface area contributed by atoms with Crippen LogP contribution < -0.4 is 9.75 Å². The zero-order chi connectivity index (χ0) is 9.47. The minimum Gasteiger partial charge on any atom is -0.460 e. The van der Waals surface area contributed by atoms with Gasteiger partial charge in [-0.2, -0.15) is 4.98 Å². The molecule has 13 heavy (non-hydrogen) atoms. The first-order chi connectivity index (χ1) is 6.09. The molecule has 1 aliphatic rings. The van der Waals surface area contributed by atoms with Gasteiger partial charge in [-0.1, -0.05) is 0 Å². The Bertz CT molecular complexity index is 301. The molecule has 0 saturated carbocycles. The minimum atomic E-state index is 0.0478. The molecule has 0 unspecified atom stereocenters. The molecule has 0 saturated heterocycles. The van der Waals surface area contributed by atoms with E-state index in [0.29, 0.717) is 12.6 Å². The molecule has 0 N–H and O–H groups in total. The van der Waals surface area contributed by atoms with Crippen LogP contribution in [0.15, 0.2) is 6.33 Å². The van der Waals surface area contributed by atoms with Crippen LogP contribution in [0, 0.1) is 0 Å². The Hall–Kier alpha value is -1.26. The monoisotopic (exact) mass is 182 g/mol. The van der Waals surface area contributed by atoms with Gasteiger partial charge >= 0.3 is 6.01 Å². The van der Waals surface area contributed by atoms with Gasteiger partial charge in [0.2, 0.25) is 0 Å². The van der Waals surface area contributed by atoms with Gasteiger partial charge in [-0.05, 0) is 20.8 Å². The first-order valence-electron chi connectivity index (χ1n) is 4.40. The number of ether oxygens (including phenoxy) is 1. The maximum Gasteiger partial charge on any atom is 0.335 e. The zero-order valence-corrected chi connectivity index (χ0v) is 8.19. The van der Waals surface area contributed by atoms with Crippen molar-refractivity contribution in [3.05, 3.63) is 6.33 Å². The maximum atomic E-state index is 5.34. The van der Waals surface area contributed by atoms with Crippen molar-refractivity contribution in [3.8, 4) is 6.01 Å². The summed E-state index contributed by atoms with van der Waals surface area (Å²) in [5.41, 5.74) is 0.0478. The third-order valence-electron chi connectivity index (χ3n) is 2.04. The molecule has 0 radical (unpaired) electrons. The minimum absolute atomic E-state index is 0.0478. The Morgan fingerprint density at radius 2 is 2.23 bits per heavy atom. The van der Waals surface area contributed by atoms with Gasteiger partial charge in [-0.15, -0.1) is 9.89 Å². The van der Waals surface area contributed by atoms with E-state index in [1.165, 1.54) is 6.33 Å². The molecule has 0 spiro atoms. The molecular weight excluding hydrogens is 168 g/mol. The summed E-state index contributed by atoms with van der Waals surface area (Å²) in [5.74, 6) is 0. The lowest BCUT2D eigenvalue weighted by Gasteiger charge is -2.39. The highest BCUT2D eigenvalue weighted by atomic mass is 16.5. The number of rotatable bonds is 0. The molecule has 0 amide bonds. The second-order valence-corrected chi connectivity index (χ2v) is 4.07. The highest BCUT2D eigenvalue weighted by Gasteiger charge is 2.28. The first-order valence-corrected chi connectivity index (χ1v) is 4.40. The van der Waals surface area contributed by atoms with Crippen molar-refractivity contribution in [3.63, 3.8) is 0 Å². The average molecular weight is 182 g/mol. The van der Waals surface area contributed by atoms with Gasteiger partial charge < -0.3 is 4.74 Å². The fourth-order valence-electron chi connectivity index (χ4n) is 1.42. The van der Waals surface area contributed by atoms with Gasteiger partial charge in [0, 0.05) is 5.54 Å². The van der Waals surface area contributed by atoms with Gasteiger partial charge in [-0.3, -0.25) is 5.01 Å².